The predicted molar refractivity (Wildman–Crippen MR) is 58.7 cm³/mol. The Labute approximate surface area is 107 Å². The van der Waals surface area contributed by atoms with Crippen LogP contribution in [0.3, 0.4) is 0 Å². The highest BCUT2D eigenvalue weighted by atomic mass is 32.1. The van der Waals surface area contributed by atoms with Gasteiger partial charge in [0.05, 0.1) is 11.3 Å². The first-order chi connectivity index (χ1) is 8.88. The summed E-state index contributed by atoms with van der Waals surface area (Å²) in [6.45, 7) is 0. The summed E-state index contributed by atoms with van der Waals surface area (Å²) in [5.74, 6) is -10.2. The van der Waals surface area contributed by atoms with Gasteiger partial charge in [0.25, 0.3) is 0 Å². The summed E-state index contributed by atoms with van der Waals surface area (Å²) >= 11 is 0.542. The smallest absolute Gasteiger partial charge is 0.200 e. The number of halogens is 5. The van der Waals surface area contributed by atoms with Crippen LogP contribution in [0.15, 0.2) is 6.07 Å². The van der Waals surface area contributed by atoms with E-state index in [4.69, 9.17) is 11.0 Å². The molecule has 0 amide bonds. The lowest BCUT2D eigenvalue weighted by Crippen LogP contribution is -2.03. The quantitative estimate of drug-likeness (QED) is 0.496. The van der Waals surface area contributed by atoms with Crippen LogP contribution in [0, 0.1) is 40.4 Å². The van der Waals surface area contributed by atoms with Gasteiger partial charge in [-0.15, -0.1) is 11.3 Å². The molecule has 2 nitrogen and oxygen atoms in total. The predicted octanol–water partition coefficient (Wildman–Crippen LogP) is 3.56. The molecule has 0 aliphatic rings. The number of hydrogen-bond acceptors (Lipinski definition) is 3. The molecule has 0 fully saturated rings. The van der Waals surface area contributed by atoms with Crippen molar-refractivity contribution < 1.29 is 22.0 Å². The Balaban J connectivity index is 2.79. The van der Waals surface area contributed by atoms with Crippen molar-refractivity contribution in [3.63, 3.8) is 0 Å². The standard InChI is InChI=1S/C11H3F5N2S/c12-7-6(4-1-3(18)5(2-17)19-4)8(13)10(15)11(16)9(7)14/h1H,18H2. The Morgan fingerprint density at radius 3 is 1.84 bits per heavy atom. The van der Waals surface area contributed by atoms with E-state index < -0.39 is 34.6 Å². The fourth-order valence-electron chi connectivity index (χ4n) is 1.44. The lowest BCUT2D eigenvalue weighted by Gasteiger charge is -2.05. The van der Waals surface area contributed by atoms with Crippen molar-refractivity contribution in [2.45, 2.75) is 0 Å². The van der Waals surface area contributed by atoms with E-state index >= 15 is 0 Å². The molecule has 0 radical (unpaired) electrons. The molecule has 8 heteroatoms. The SMILES string of the molecule is N#Cc1sc(-c2c(F)c(F)c(F)c(F)c2F)cc1N. The molecular weight excluding hydrogens is 287 g/mol. The number of rotatable bonds is 1. The summed E-state index contributed by atoms with van der Waals surface area (Å²) in [4.78, 5) is -0.374. The highest BCUT2D eigenvalue weighted by molar-refractivity contribution is 7.16. The average Bonchev–Trinajstić information content (AvgIpc) is 2.75. The topological polar surface area (TPSA) is 49.8 Å². The van der Waals surface area contributed by atoms with Crippen LogP contribution in [-0.4, -0.2) is 0 Å². The molecule has 0 aliphatic carbocycles. The first kappa shape index (κ1) is 13.3. The Kier molecular flexibility index (Phi) is 3.16. The Hall–Kier alpha value is -2.14. The number of nitriles is 1. The summed E-state index contributed by atoms with van der Waals surface area (Å²) in [6.07, 6.45) is 0. The van der Waals surface area contributed by atoms with E-state index in [2.05, 4.69) is 0 Å². The normalized spacial score (nSPS) is 10.5. The maximum absolute atomic E-state index is 13.5. The number of benzene rings is 1. The molecule has 0 saturated heterocycles. The van der Waals surface area contributed by atoms with Crippen molar-refractivity contribution in [2.75, 3.05) is 5.73 Å². The number of anilines is 1. The fourth-order valence-corrected chi connectivity index (χ4v) is 2.35. The lowest BCUT2D eigenvalue weighted by molar-refractivity contribution is 0.381. The minimum atomic E-state index is -2.23. The van der Waals surface area contributed by atoms with Crippen LogP contribution < -0.4 is 5.73 Å². The van der Waals surface area contributed by atoms with Crippen LogP contribution >= 0.6 is 11.3 Å². The van der Waals surface area contributed by atoms with E-state index in [1.807, 2.05) is 0 Å². The van der Waals surface area contributed by atoms with Crippen LogP contribution in [-0.2, 0) is 0 Å². The molecule has 1 heterocycles. The second kappa shape index (κ2) is 4.51. The Morgan fingerprint density at radius 1 is 0.947 bits per heavy atom. The highest BCUT2D eigenvalue weighted by Crippen LogP contribution is 2.38. The molecule has 0 bridgehead atoms. The van der Waals surface area contributed by atoms with E-state index in [9.17, 15) is 22.0 Å². The molecule has 19 heavy (non-hydrogen) atoms. The van der Waals surface area contributed by atoms with Gasteiger partial charge in [0, 0.05) is 4.88 Å². The molecular formula is C11H3F5N2S. The van der Waals surface area contributed by atoms with Crippen LogP contribution in [0.2, 0.25) is 0 Å². The molecule has 0 saturated carbocycles. The fraction of sp³-hybridized carbons (Fsp3) is 0. The summed E-state index contributed by atoms with van der Waals surface area (Å²) in [5.41, 5.74) is 4.20. The van der Waals surface area contributed by atoms with Crippen molar-refractivity contribution in [3.8, 4) is 16.5 Å². The average molecular weight is 290 g/mol. The van der Waals surface area contributed by atoms with E-state index in [0.717, 1.165) is 6.07 Å². The highest BCUT2D eigenvalue weighted by Gasteiger charge is 2.27. The minimum absolute atomic E-state index is 0.0704. The zero-order valence-corrected chi connectivity index (χ0v) is 9.72. The van der Waals surface area contributed by atoms with E-state index in [-0.39, 0.29) is 15.4 Å². The second-order valence-electron chi connectivity index (χ2n) is 3.45. The van der Waals surface area contributed by atoms with Gasteiger partial charge in [-0.05, 0) is 6.07 Å². The molecule has 0 spiro atoms. The van der Waals surface area contributed by atoms with E-state index in [1.54, 1.807) is 6.07 Å². The van der Waals surface area contributed by atoms with Crippen molar-refractivity contribution in [3.05, 3.63) is 40.0 Å². The van der Waals surface area contributed by atoms with E-state index in [1.165, 1.54) is 0 Å². The van der Waals surface area contributed by atoms with Gasteiger partial charge in [0.15, 0.2) is 23.3 Å². The number of nitrogens with two attached hydrogens (primary N) is 1. The Morgan fingerprint density at radius 2 is 1.42 bits per heavy atom. The molecule has 2 aromatic rings. The molecule has 98 valence electrons. The number of nitrogens with zero attached hydrogens (tertiary/aromatic N) is 1. The van der Waals surface area contributed by atoms with E-state index in [0.29, 0.717) is 11.3 Å². The third-order valence-corrected chi connectivity index (χ3v) is 3.39. The molecule has 0 unspecified atom stereocenters. The maximum atomic E-state index is 13.5. The van der Waals surface area contributed by atoms with Gasteiger partial charge in [-0.2, -0.15) is 5.26 Å². The van der Waals surface area contributed by atoms with Gasteiger partial charge >= 0.3 is 0 Å². The van der Waals surface area contributed by atoms with Crippen LogP contribution in [0.1, 0.15) is 4.88 Å². The first-order valence-electron chi connectivity index (χ1n) is 4.69. The molecule has 1 aromatic heterocycles. The van der Waals surface area contributed by atoms with Crippen molar-refractivity contribution in [1.29, 1.82) is 5.26 Å². The lowest BCUT2D eigenvalue weighted by atomic mass is 10.1. The van der Waals surface area contributed by atoms with Gasteiger partial charge in [0.1, 0.15) is 10.9 Å². The number of thiophene rings is 1. The molecule has 2 N–H and O–H groups in total. The van der Waals surface area contributed by atoms with Crippen molar-refractivity contribution in [2.24, 2.45) is 0 Å². The number of nitrogen functional groups attached to an aromatic ring is 1. The largest absolute Gasteiger partial charge is 0.397 e. The second-order valence-corrected chi connectivity index (χ2v) is 4.50. The summed E-state index contributed by atoms with van der Waals surface area (Å²) < 4.78 is 65.9. The maximum Gasteiger partial charge on any atom is 0.200 e. The van der Waals surface area contributed by atoms with Crippen LogP contribution in [0.25, 0.3) is 10.4 Å². The van der Waals surface area contributed by atoms with Gasteiger partial charge in [-0.1, -0.05) is 0 Å². The Bertz CT molecular complexity index is 688. The van der Waals surface area contributed by atoms with Crippen LogP contribution in [0.4, 0.5) is 27.6 Å². The summed E-state index contributed by atoms with van der Waals surface area (Å²) in [5, 5.41) is 8.66. The summed E-state index contributed by atoms with van der Waals surface area (Å²) in [6, 6.07) is 2.64. The molecule has 0 aliphatic heterocycles. The van der Waals surface area contributed by atoms with Crippen molar-refractivity contribution >= 4 is 17.0 Å². The van der Waals surface area contributed by atoms with Crippen molar-refractivity contribution in [1.82, 2.24) is 0 Å². The molecule has 2 rings (SSSR count). The third-order valence-electron chi connectivity index (χ3n) is 2.32. The van der Waals surface area contributed by atoms with Gasteiger partial charge < -0.3 is 5.73 Å². The number of hydrogen-bond donors (Lipinski definition) is 1. The molecule has 1 aromatic carbocycles. The van der Waals surface area contributed by atoms with Crippen LogP contribution in [0.5, 0.6) is 0 Å². The minimum Gasteiger partial charge on any atom is -0.397 e. The van der Waals surface area contributed by atoms with Gasteiger partial charge in [-0.25, -0.2) is 22.0 Å². The monoisotopic (exact) mass is 290 g/mol. The first-order valence-corrected chi connectivity index (χ1v) is 5.51. The van der Waals surface area contributed by atoms with Gasteiger partial charge in [0.2, 0.25) is 5.82 Å². The zero-order valence-electron chi connectivity index (χ0n) is 8.90. The van der Waals surface area contributed by atoms with Gasteiger partial charge in [-0.3, -0.25) is 0 Å². The third kappa shape index (κ3) is 1.92. The zero-order chi connectivity index (χ0) is 14.3. The summed E-state index contributed by atoms with van der Waals surface area (Å²) in [7, 11) is 0. The molecule has 0 atom stereocenters.